The Bertz CT molecular complexity index is 1760. The molecule has 13 heteroatoms. The molecule has 0 bridgehead atoms. The number of carbonyl (C=O) groups excluding carboxylic acids is 2. The van der Waals surface area contributed by atoms with Crippen molar-refractivity contribution < 1.29 is 18.7 Å². The number of halogens is 1. The van der Waals surface area contributed by atoms with E-state index in [0.29, 0.717) is 68.3 Å². The van der Waals surface area contributed by atoms with E-state index in [1.54, 1.807) is 38.4 Å². The highest BCUT2D eigenvalue weighted by Gasteiger charge is 2.28. The number of nitrogens with zero attached hydrogens (tertiary/aromatic N) is 5. The number of hydrogen-bond acceptors (Lipinski definition) is 8. The maximum absolute atomic E-state index is 14.9. The molecule has 2 aliphatic heterocycles. The number of anilines is 2. The Balaban J connectivity index is 1.24. The summed E-state index contributed by atoms with van der Waals surface area (Å²) in [4.78, 5) is 46.0. The number of pyridine rings is 2. The zero-order chi connectivity index (χ0) is 32.4. The third-order valence-corrected chi connectivity index (χ3v) is 9.15. The minimum absolute atomic E-state index is 0.0422. The normalized spacial score (nSPS) is 17.6. The molecule has 2 saturated heterocycles. The van der Waals surface area contributed by atoms with Crippen molar-refractivity contribution >= 4 is 30.0 Å². The fourth-order valence-corrected chi connectivity index (χ4v) is 6.60. The van der Waals surface area contributed by atoms with Gasteiger partial charge in [-0.2, -0.15) is 0 Å². The van der Waals surface area contributed by atoms with Crippen LogP contribution in [0.2, 0.25) is 0 Å². The van der Waals surface area contributed by atoms with E-state index in [-0.39, 0.29) is 40.8 Å². The number of nitrogens with one attached hydrogen (secondary N) is 3. The highest BCUT2D eigenvalue weighted by Crippen LogP contribution is 2.31. The first-order valence-corrected chi connectivity index (χ1v) is 15.6. The van der Waals surface area contributed by atoms with Crippen molar-refractivity contribution in [3.63, 3.8) is 0 Å². The third-order valence-electron chi connectivity index (χ3n) is 9.15. The molecule has 0 saturated carbocycles. The van der Waals surface area contributed by atoms with Gasteiger partial charge >= 0.3 is 0 Å². The summed E-state index contributed by atoms with van der Waals surface area (Å²) >= 11 is 0. The van der Waals surface area contributed by atoms with Crippen LogP contribution in [0.15, 0.2) is 41.1 Å². The number of aromatic nitrogens is 3. The maximum Gasteiger partial charge on any atom is 0.274 e. The number of amides is 1. The quantitative estimate of drug-likeness (QED) is 0.177. The van der Waals surface area contributed by atoms with Crippen LogP contribution in [0.1, 0.15) is 40.2 Å². The van der Waals surface area contributed by atoms with Gasteiger partial charge in [-0.15, -0.1) is 0 Å². The number of fused-ring (bicyclic) bond motifs is 1. The second kappa shape index (κ2) is 13.4. The lowest BCUT2D eigenvalue weighted by Gasteiger charge is -2.40. The minimum atomic E-state index is -0.342. The van der Waals surface area contributed by atoms with Crippen molar-refractivity contribution in [3.05, 3.63) is 75.0 Å². The van der Waals surface area contributed by atoms with Gasteiger partial charge in [-0.25, -0.2) is 9.37 Å². The van der Waals surface area contributed by atoms with E-state index in [1.807, 2.05) is 4.57 Å². The average Bonchev–Trinajstić information content (AvgIpc) is 3.27. The number of aryl methyl sites for hydroxylation is 1. The van der Waals surface area contributed by atoms with Crippen molar-refractivity contribution in [2.24, 2.45) is 7.05 Å². The maximum atomic E-state index is 14.9. The van der Waals surface area contributed by atoms with E-state index in [9.17, 15) is 18.8 Å². The molecule has 46 heavy (non-hydrogen) atoms. The second-order valence-electron chi connectivity index (χ2n) is 12.1. The van der Waals surface area contributed by atoms with Gasteiger partial charge < -0.3 is 24.5 Å². The summed E-state index contributed by atoms with van der Waals surface area (Å²) in [5.41, 5.74) is 4.17. The van der Waals surface area contributed by atoms with Crippen LogP contribution < -0.4 is 21.1 Å². The molecule has 1 aliphatic carbocycles. The smallest absolute Gasteiger partial charge is 0.274 e. The van der Waals surface area contributed by atoms with Crippen molar-refractivity contribution in [2.75, 3.05) is 49.6 Å². The molecule has 0 atom stereocenters. The number of amidine groups is 1. The number of piperazine rings is 1. The van der Waals surface area contributed by atoms with E-state index >= 15 is 0 Å². The lowest BCUT2D eigenvalue weighted by atomic mass is 9.97. The molecular formula is C33H39FN8O4. The van der Waals surface area contributed by atoms with Crippen LogP contribution in [-0.2, 0) is 36.0 Å². The van der Waals surface area contributed by atoms with Gasteiger partial charge in [0.2, 0.25) is 6.41 Å². The Hall–Kier alpha value is -4.62. The Labute approximate surface area is 266 Å². The molecule has 1 amide bonds. The summed E-state index contributed by atoms with van der Waals surface area (Å²) in [6.45, 7) is 6.04. The molecule has 12 nitrogen and oxygen atoms in total. The molecule has 6 rings (SSSR count). The SMILES string of the molecule is Cc1c(F)c2c(n1CCN(C=O)c1nccc(-c3cc(NC(=N)/C=C4/CN(C5COC5)CCN4)c(=O)n(C)c3)c1C=O)CCCC2. The van der Waals surface area contributed by atoms with E-state index < -0.39 is 0 Å². The molecule has 0 radical (unpaired) electrons. The highest BCUT2D eigenvalue weighted by atomic mass is 19.1. The van der Waals surface area contributed by atoms with Crippen molar-refractivity contribution in [3.8, 4) is 11.1 Å². The van der Waals surface area contributed by atoms with Crippen LogP contribution in [-0.4, -0.2) is 83.0 Å². The molecule has 2 fully saturated rings. The monoisotopic (exact) mass is 630 g/mol. The van der Waals surface area contributed by atoms with Gasteiger partial charge in [0.1, 0.15) is 23.2 Å². The van der Waals surface area contributed by atoms with E-state index in [0.717, 1.165) is 49.3 Å². The van der Waals surface area contributed by atoms with Crippen LogP contribution in [0, 0.1) is 18.2 Å². The van der Waals surface area contributed by atoms with Gasteiger partial charge in [-0.1, -0.05) is 0 Å². The number of rotatable bonds is 10. The number of carbonyl (C=O) groups is 2. The Morgan fingerprint density at radius 1 is 1.28 bits per heavy atom. The standard InChI is InChI=1S/C33H39FN8O4/c1-21-31(34)26-5-3-4-6-29(26)42(21)12-11-41(20-44)32-27(17-43)25(7-8-37-32)22-13-28(33(45)39(2)15-22)38-30(35)14-23-16-40(10-9-36-23)24-18-46-19-24/h7-8,13-15,17,20,24,36H,3-6,9-12,16,18-19H2,1-2H3,(H2,35,38)/b23-14-. The summed E-state index contributed by atoms with van der Waals surface area (Å²) in [5.74, 6) is 0.0398. The summed E-state index contributed by atoms with van der Waals surface area (Å²) in [6, 6.07) is 3.63. The zero-order valence-electron chi connectivity index (χ0n) is 26.1. The minimum Gasteiger partial charge on any atom is -0.386 e. The molecule has 3 N–H and O–H groups in total. The first-order valence-electron chi connectivity index (χ1n) is 15.6. The Morgan fingerprint density at radius 2 is 2.09 bits per heavy atom. The van der Waals surface area contributed by atoms with E-state index in [2.05, 4.69) is 20.5 Å². The first-order chi connectivity index (χ1) is 22.3. The summed E-state index contributed by atoms with van der Waals surface area (Å²) in [7, 11) is 1.60. The fourth-order valence-electron chi connectivity index (χ4n) is 6.60. The van der Waals surface area contributed by atoms with Crippen molar-refractivity contribution in [2.45, 2.75) is 45.2 Å². The van der Waals surface area contributed by atoms with Gasteiger partial charge in [0.15, 0.2) is 6.29 Å². The molecule has 242 valence electrons. The van der Waals surface area contributed by atoms with Crippen LogP contribution in [0.5, 0.6) is 0 Å². The van der Waals surface area contributed by atoms with Gasteiger partial charge in [-0.05, 0) is 50.3 Å². The predicted molar refractivity (Wildman–Crippen MR) is 173 cm³/mol. The van der Waals surface area contributed by atoms with Gasteiger partial charge in [-0.3, -0.25) is 29.6 Å². The van der Waals surface area contributed by atoms with Crippen LogP contribution in [0.3, 0.4) is 0 Å². The number of hydrogen-bond donors (Lipinski definition) is 3. The molecule has 0 aromatic carbocycles. The number of aldehydes is 1. The van der Waals surface area contributed by atoms with Crippen LogP contribution in [0.4, 0.5) is 15.9 Å². The summed E-state index contributed by atoms with van der Waals surface area (Å²) < 4.78 is 23.6. The highest BCUT2D eigenvalue weighted by molar-refractivity contribution is 6.02. The van der Waals surface area contributed by atoms with Crippen molar-refractivity contribution in [1.82, 2.24) is 24.3 Å². The van der Waals surface area contributed by atoms with E-state index in [4.69, 9.17) is 10.1 Å². The zero-order valence-corrected chi connectivity index (χ0v) is 26.1. The first kappa shape index (κ1) is 31.4. The molecule has 5 heterocycles. The summed E-state index contributed by atoms with van der Waals surface area (Å²) in [6.07, 6.45) is 9.52. The Kier molecular flexibility index (Phi) is 9.13. The van der Waals surface area contributed by atoms with Crippen LogP contribution >= 0.6 is 0 Å². The fraction of sp³-hybridized carbons (Fsp3) is 0.424. The molecular weight excluding hydrogens is 591 g/mol. The van der Waals surface area contributed by atoms with E-state index in [1.165, 1.54) is 15.7 Å². The van der Waals surface area contributed by atoms with Crippen molar-refractivity contribution in [1.29, 1.82) is 5.41 Å². The van der Waals surface area contributed by atoms with Gasteiger partial charge in [0.25, 0.3) is 5.56 Å². The van der Waals surface area contributed by atoms with Crippen LogP contribution in [0.25, 0.3) is 11.1 Å². The predicted octanol–water partition coefficient (Wildman–Crippen LogP) is 2.63. The lowest BCUT2D eigenvalue weighted by Crippen LogP contribution is -2.55. The Morgan fingerprint density at radius 3 is 2.83 bits per heavy atom. The summed E-state index contributed by atoms with van der Waals surface area (Å²) in [5, 5.41) is 14.8. The third kappa shape index (κ3) is 6.12. The topological polar surface area (TPSA) is 138 Å². The molecule has 0 spiro atoms. The number of ether oxygens (including phenoxy) is 1. The molecule has 0 unspecified atom stereocenters. The average molecular weight is 631 g/mol. The molecule has 3 aromatic heterocycles. The second-order valence-corrected chi connectivity index (χ2v) is 12.1. The lowest BCUT2D eigenvalue weighted by molar-refractivity contribution is -0.107. The van der Waals surface area contributed by atoms with Gasteiger partial charge in [0.05, 0.1) is 30.5 Å². The largest absolute Gasteiger partial charge is 0.386 e. The van der Waals surface area contributed by atoms with Gasteiger partial charge in [0, 0.05) is 80.8 Å². The molecule has 3 aromatic rings. The molecule has 3 aliphatic rings.